The van der Waals surface area contributed by atoms with Gasteiger partial charge in [0.2, 0.25) is 10.0 Å². The Hall–Kier alpha value is -2.54. The molecule has 150 valence electrons. The predicted molar refractivity (Wildman–Crippen MR) is 115 cm³/mol. The standard InChI is InChI=1S/C23H25N3O2S/c1-18-11-13-24-15-23(18)29(27,28)25-22-12-14-26(17-22)16-19-7-9-21(10-8-19)20-5-3-2-4-6-20/h2-11,13,15,22,25H,12,14,16-17H2,1H3/t22-/m1/s1. The zero-order valence-electron chi connectivity index (χ0n) is 16.5. The first-order chi connectivity index (χ1) is 14.0. The van der Waals surface area contributed by atoms with Crippen LogP contribution in [0.25, 0.3) is 11.1 Å². The molecule has 1 N–H and O–H groups in total. The maximum absolute atomic E-state index is 12.7. The van der Waals surface area contributed by atoms with Crippen LogP contribution in [0.3, 0.4) is 0 Å². The predicted octanol–water partition coefficient (Wildman–Crippen LogP) is 3.61. The normalized spacial score (nSPS) is 17.5. The van der Waals surface area contributed by atoms with Gasteiger partial charge in [0.25, 0.3) is 0 Å². The lowest BCUT2D eigenvalue weighted by Crippen LogP contribution is -2.37. The van der Waals surface area contributed by atoms with Crippen molar-refractivity contribution in [3.05, 3.63) is 84.2 Å². The number of aryl methyl sites for hydroxylation is 1. The van der Waals surface area contributed by atoms with Crippen LogP contribution in [0.15, 0.2) is 78.0 Å². The van der Waals surface area contributed by atoms with Crippen molar-refractivity contribution in [1.82, 2.24) is 14.6 Å². The third kappa shape index (κ3) is 4.72. The van der Waals surface area contributed by atoms with Gasteiger partial charge >= 0.3 is 0 Å². The van der Waals surface area contributed by atoms with Gasteiger partial charge < -0.3 is 0 Å². The smallest absolute Gasteiger partial charge is 0.242 e. The molecular formula is C23H25N3O2S. The minimum absolute atomic E-state index is 0.0804. The molecular weight excluding hydrogens is 382 g/mol. The molecule has 1 saturated heterocycles. The Morgan fingerprint density at radius 3 is 2.48 bits per heavy atom. The van der Waals surface area contributed by atoms with E-state index in [1.54, 1.807) is 19.2 Å². The third-order valence-corrected chi connectivity index (χ3v) is 6.99. The number of nitrogens with zero attached hydrogens (tertiary/aromatic N) is 2. The molecule has 2 aromatic carbocycles. The lowest BCUT2D eigenvalue weighted by Gasteiger charge is -2.17. The van der Waals surface area contributed by atoms with Gasteiger partial charge in [-0.1, -0.05) is 54.6 Å². The Bertz CT molecular complexity index is 1070. The van der Waals surface area contributed by atoms with E-state index in [1.165, 1.54) is 22.9 Å². The molecule has 6 heteroatoms. The highest BCUT2D eigenvalue weighted by Gasteiger charge is 2.28. The van der Waals surface area contributed by atoms with Gasteiger partial charge in [0.15, 0.2) is 0 Å². The highest BCUT2D eigenvalue weighted by molar-refractivity contribution is 7.89. The van der Waals surface area contributed by atoms with E-state index in [1.807, 2.05) is 18.2 Å². The van der Waals surface area contributed by atoms with Crippen molar-refractivity contribution in [3.8, 4) is 11.1 Å². The summed E-state index contributed by atoms with van der Waals surface area (Å²) in [7, 11) is -3.55. The lowest BCUT2D eigenvalue weighted by atomic mass is 10.0. The number of hydrogen-bond acceptors (Lipinski definition) is 4. The van der Waals surface area contributed by atoms with E-state index < -0.39 is 10.0 Å². The fraction of sp³-hybridized carbons (Fsp3) is 0.261. The summed E-state index contributed by atoms with van der Waals surface area (Å²) in [6.07, 6.45) is 3.83. The quantitative estimate of drug-likeness (QED) is 0.678. The molecule has 0 saturated carbocycles. The summed E-state index contributed by atoms with van der Waals surface area (Å²) in [5.74, 6) is 0. The monoisotopic (exact) mass is 407 g/mol. The fourth-order valence-corrected chi connectivity index (χ4v) is 5.23. The molecule has 1 aliphatic heterocycles. The van der Waals surface area contributed by atoms with E-state index in [0.29, 0.717) is 12.1 Å². The van der Waals surface area contributed by atoms with Gasteiger partial charge in [0.05, 0.1) is 0 Å². The Kier molecular flexibility index (Phi) is 5.76. The van der Waals surface area contributed by atoms with Crippen molar-refractivity contribution >= 4 is 10.0 Å². The van der Waals surface area contributed by atoms with Crippen molar-refractivity contribution < 1.29 is 8.42 Å². The molecule has 0 amide bonds. The van der Waals surface area contributed by atoms with Crippen LogP contribution in [-0.4, -0.2) is 37.4 Å². The van der Waals surface area contributed by atoms with E-state index in [4.69, 9.17) is 0 Å². The minimum atomic E-state index is -3.55. The number of likely N-dealkylation sites (tertiary alicyclic amines) is 1. The van der Waals surface area contributed by atoms with E-state index >= 15 is 0 Å². The summed E-state index contributed by atoms with van der Waals surface area (Å²) >= 11 is 0. The van der Waals surface area contributed by atoms with E-state index in [0.717, 1.165) is 19.5 Å². The summed E-state index contributed by atoms with van der Waals surface area (Å²) < 4.78 is 28.2. The lowest BCUT2D eigenvalue weighted by molar-refractivity contribution is 0.324. The maximum atomic E-state index is 12.7. The van der Waals surface area contributed by atoms with Crippen LogP contribution in [0.4, 0.5) is 0 Å². The largest absolute Gasteiger partial charge is 0.297 e. The summed E-state index contributed by atoms with van der Waals surface area (Å²) in [5, 5.41) is 0. The second-order valence-corrected chi connectivity index (χ2v) is 9.23. The SMILES string of the molecule is Cc1ccncc1S(=O)(=O)N[C@@H]1CCN(Cc2ccc(-c3ccccc3)cc2)C1. The van der Waals surface area contributed by atoms with E-state index in [2.05, 4.69) is 51.0 Å². The van der Waals surface area contributed by atoms with Crippen molar-refractivity contribution in [2.24, 2.45) is 0 Å². The topological polar surface area (TPSA) is 62.3 Å². The number of hydrogen-bond donors (Lipinski definition) is 1. The van der Waals surface area contributed by atoms with Crippen LogP contribution in [0.1, 0.15) is 17.5 Å². The molecule has 1 aliphatic rings. The van der Waals surface area contributed by atoms with Gasteiger partial charge in [-0.15, -0.1) is 0 Å². The highest BCUT2D eigenvalue weighted by Crippen LogP contribution is 2.21. The van der Waals surface area contributed by atoms with Crippen molar-refractivity contribution in [1.29, 1.82) is 0 Å². The zero-order valence-corrected chi connectivity index (χ0v) is 17.3. The average Bonchev–Trinajstić information content (AvgIpc) is 3.15. The first-order valence-electron chi connectivity index (χ1n) is 9.81. The molecule has 0 bridgehead atoms. The van der Waals surface area contributed by atoms with Crippen LogP contribution in [0, 0.1) is 6.92 Å². The summed E-state index contributed by atoms with van der Waals surface area (Å²) in [4.78, 5) is 6.51. The van der Waals surface area contributed by atoms with Crippen molar-refractivity contribution in [2.45, 2.75) is 30.8 Å². The van der Waals surface area contributed by atoms with Crippen LogP contribution in [0.2, 0.25) is 0 Å². The Balaban J connectivity index is 1.36. The number of aromatic nitrogens is 1. The first kappa shape index (κ1) is 19.8. The number of pyridine rings is 1. The van der Waals surface area contributed by atoms with Gasteiger partial charge in [-0.2, -0.15) is 0 Å². The number of benzene rings is 2. The molecule has 1 atom stereocenters. The molecule has 0 spiro atoms. The summed E-state index contributed by atoms with van der Waals surface area (Å²) in [5.41, 5.74) is 4.35. The number of nitrogens with one attached hydrogen (secondary N) is 1. The molecule has 0 aliphatic carbocycles. The van der Waals surface area contributed by atoms with Gasteiger partial charge in [-0.3, -0.25) is 9.88 Å². The van der Waals surface area contributed by atoms with Crippen LogP contribution >= 0.6 is 0 Å². The maximum Gasteiger partial charge on any atom is 0.242 e. The van der Waals surface area contributed by atoms with Crippen LogP contribution in [0.5, 0.6) is 0 Å². The first-order valence-corrected chi connectivity index (χ1v) is 11.3. The summed E-state index contributed by atoms with van der Waals surface area (Å²) in [6.45, 7) is 4.19. The molecule has 5 nitrogen and oxygen atoms in total. The highest BCUT2D eigenvalue weighted by atomic mass is 32.2. The van der Waals surface area contributed by atoms with Crippen LogP contribution < -0.4 is 4.72 Å². The molecule has 1 aromatic heterocycles. The molecule has 0 radical (unpaired) electrons. The van der Waals surface area contributed by atoms with Gasteiger partial charge in [0, 0.05) is 38.1 Å². The van der Waals surface area contributed by atoms with Gasteiger partial charge in [-0.05, 0) is 41.7 Å². The number of rotatable bonds is 6. The van der Waals surface area contributed by atoms with E-state index in [9.17, 15) is 8.42 Å². The van der Waals surface area contributed by atoms with Crippen molar-refractivity contribution in [2.75, 3.05) is 13.1 Å². The number of sulfonamides is 1. The second kappa shape index (κ2) is 8.45. The zero-order chi connectivity index (χ0) is 20.3. The molecule has 2 heterocycles. The fourth-order valence-electron chi connectivity index (χ4n) is 3.78. The molecule has 1 fully saturated rings. The Morgan fingerprint density at radius 1 is 1.03 bits per heavy atom. The Morgan fingerprint density at radius 2 is 1.76 bits per heavy atom. The van der Waals surface area contributed by atoms with Crippen molar-refractivity contribution in [3.63, 3.8) is 0 Å². The minimum Gasteiger partial charge on any atom is -0.297 e. The van der Waals surface area contributed by atoms with Crippen LogP contribution in [-0.2, 0) is 16.6 Å². The molecule has 3 aromatic rings. The Labute approximate surface area is 172 Å². The molecule has 29 heavy (non-hydrogen) atoms. The molecule has 4 rings (SSSR count). The summed E-state index contributed by atoms with van der Waals surface area (Å²) in [6, 6.07) is 20.6. The van der Waals surface area contributed by atoms with E-state index in [-0.39, 0.29) is 10.9 Å². The average molecular weight is 408 g/mol. The third-order valence-electron chi connectivity index (χ3n) is 5.34. The second-order valence-electron chi connectivity index (χ2n) is 7.55. The van der Waals surface area contributed by atoms with Gasteiger partial charge in [-0.25, -0.2) is 13.1 Å². The van der Waals surface area contributed by atoms with Gasteiger partial charge in [0.1, 0.15) is 4.90 Å². The molecule has 0 unspecified atom stereocenters.